The van der Waals surface area contributed by atoms with Crippen molar-refractivity contribution in [1.29, 1.82) is 0 Å². The van der Waals surface area contributed by atoms with Gasteiger partial charge in [-0.2, -0.15) is 0 Å². The molecule has 0 aliphatic carbocycles. The van der Waals surface area contributed by atoms with Crippen LogP contribution in [0.4, 0.5) is 5.69 Å². The number of aromatic nitrogens is 1. The first-order chi connectivity index (χ1) is 9.18. The van der Waals surface area contributed by atoms with Gasteiger partial charge in [0.1, 0.15) is 6.04 Å². The Hall–Kier alpha value is -2.63. The van der Waals surface area contributed by atoms with Crippen LogP contribution >= 0.6 is 0 Å². The largest absolute Gasteiger partial charge is 0.480 e. The fourth-order valence-corrected chi connectivity index (χ4v) is 2.28. The lowest BCUT2D eigenvalue weighted by Gasteiger charge is -2.21. The molecule has 0 saturated carbocycles. The lowest BCUT2D eigenvalue weighted by Crippen LogP contribution is -2.42. The highest BCUT2D eigenvalue weighted by molar-refractivity contribution is 6.09. The van der Waals surface area contributed by atoms with Gasteiger partial charge in [-0.05, 0) is 11.6 Å². The van der Waals surface area contributed by atoms with Crippen molar-refractivity contribution < 1.29 is 19.2 Å². The summed E-state index contributed by atoms with van der Waals surface area (Å²) in [5, 5.41) is 12.7. The average molecular weight is 258 g/mol. The highest BCUT2D eigenvalue weighted by atomic mass is 16.5. The van der Waals surface area contributed by atoms with Gasteiger partial charge in [0.05, 0.1) is 6.20 Å². The summed E-state index contributed by atoms with van der Waals surface area (Å²) in [5.41, 5.74) is 1.44. The fraction of sp³-hybridized carbons (Fsp3) is 0.154. The number of benzene rings is 1. The summed E-state index contributed by atoms with van der Waals surface area (Å²) in [6.45, 7) is 0. The van der Waals surface area contributed by atoms with Gasteiger partial charge in [0.15, 0.2) is 0 Å². The number of hydrogen-bond donors (Lipinski definition) is 1. The molecular formula is C13H10N2O4. The Morgan fingerprint density at radius 2 is 2.11 bits per heavy atom. The van der Waals surface area contributed by atoms with Crippen LogP contribution in [0.15, 0.2) is 41.1 Å². The zero-order valence-corrected chi connectivity index (χ0v) is 9.81. The first-order valence-electron chi connectivity index (χ1n) is 5.73. The maximum atomic E-state index is 12.3. The molecule has 0 spiro atoms. The topological polar surface area (TPSA) is 83.6 Å². The molecule has 2 aromatic rings. The molecule has 0 saturated heterocycles. The van der Waals surface area contributed by atoms with E-state index in [0.717, 1.165) is 5.56 Å². The lowest BCUT2D eigenvalue weighted by molar-refractivity contribution is -0.138. The molecule has 3 rings (SSSR count). The second kappa shape index (κ2) is 4.24. The molecule has 0 radical (unpaired) electrons. The molecule has 19 heavy (non-hydrogen) atoms. The van der Waals surface area contributed by atoms with Crippen molar-refractivity contribution in [1.82, 2.24) is 5.16 Å². The molecule has 1 aliphatic rings. The number of rotatable bonds is 2. The third kappa shape index (κ3) is 1.77. The fourth-order valence-electron chi connectivity index (χ4n) is 2.28. The van der Waals surface area contributed by atoms with Crippen LogP contribution in [0.5, 0.6) is 0 Å². The van der Waals surface area contributed by atoms with Crippen LogP contribution in [0.2, 0.25) is 0 Å². The van der Waals surface area contributed by atoms with Crippen molar-refractivity contribution in [2.24, 2.45) is 0 Å². The number of nitrogens with zero attached hydrogens (tertiary/aromatic N) is 2. The molecule has 96 valence electrons. The van der Waals surface area contributed by atoms with Crippen LogP contribution in [0.25, 0.3) is 0 Å². The third-order valence-corrected chi connectivity index (χ3v) is 3.13. The van der Waals surface area contributed by atoms with Crippen LogP contribution in [-0.2, 0) is 11.2 Å². The molecule has 1 unspecified atom stereocenters. The van der Waals surface area contributed by atoms with Crippen molar-refractivity contribution in [2.75, 3.05) is 4.90 Å². The number of fused-ring (bicyclic) bond motifs is 1. The number of carbonyl (C=O) groups is 2. The maximum Gasteiger partial charge on any atom is 0.327 e. The molecular weight excluding hydrogens is 248 g/mol. The summed E-state index contributed by atoms with van der Waals surface area (Å²) < 4.78 is 4.82. The predicted molar refractivity (Wildman–Crippen MR) is 64.9 cm³/mol. The van der Waals surface area contributed by atoms with E-state index in [0.29, 0.717) is 12.1 Å². The standard InChI is InChI=1S/C13H10N2O4/c16-12(11-5-6-14-19-11)15-9-4-2-1-3-8(9)7-10(15)13(17)18/h1-6,10H,7H2,(H,17,18). The van der Waals surface area contributed by atoms with Gasteiger partial charge < -0.3 is 9.63 Å². The van der Waals surface area contributed by atoms with E-state index in [-0.39, 0.29) is 5.76 Å². The predicted octanol–water partition coefficient (Wildman–Crippen LogP) is 1.33. The maximum absolute atomic E-state index is 12.3. The highest BCUT2D eigenvalue weighted by Gasteiger charge is 2.39. The number of hydrogen-bond acceptors (Lipinski definition) is 4. The van der Waals surface area contributed by atoms with E-state index >= 15 is 0 Å². The molecule has 0 bridgehead atoms. The SMILES string of the molecule is O=C(O)C1Cc2ccccc2N1C(=O)c1ccno1. The van der Waals surface area contributed by atoms with E-state index in [1.165, 1.54) is 17.2 Å². The number of carbonyl (C=O) groups excluding carboxylic acids is 1. The Morgan fingerprint density at radius 1 is 1.32 bits per heavy atom. The number of carboxylic acid groups (broad SMARTS) is 1. The van der Waals surface area contributed by atoms with Crippen LogP contribution in [0.3, 0.4) is 0 Å². The molecule has 1 atom stereocenters. The molecule has 1 amide bonds. The zero-order valence-electron chi connectivity index (χ0n) is 9.81. The monoisotopic (exact) mass is 258 g/mol. The number of carboxylic acids is 1. The summed E-state index contributed by atoms with van der Waals surface area (Å²) in [5.74, 6) is -1.50. The van der Waals surface area contributed by atoms with Crippen molar-refractivity contribution in [3.63, 3.8) is 0 Å². The van der Waals surface area contributed by atoms with Crippen LogP contribution in [0.1, 0.15) is 16.1 Å². The molecule has 1 aliphatic heterocycles. The van der Waals surface area contributed by atoms with E-state index in [9.17, 15) is 14.7 Å². The Balaban J connectivity index is 2.05. The van der Waals surface area contributed by atoms with Crippen LogP contribution < -0.4 is 4.90 Å². The van der Waals surface area contributed by atoms with Crippen molar-refractivity contribution in [3.8, 4) is 0 Å². The lowest BCUT2D eigenvalue weighted by atomic mass is 10.1. The molecule has 0 fully saturated rings. The van der Waals surface area contributed by atoms with Crippen molar-refractivity contribution in [2.45, 2.75) is 12.5 Å². The summed E-state index contributed by atoms with van der Waals surface area (Å²) in [6.07, 6.45) is 1.65. The van der Waals surface area contributed by atoms with Gasteiger partial charge in [0.25, 0.3) is 5.91 Å². The first kappa shape index (κ1) is 11.5. The van der Waals surface area contributed by atoms with Gasteiger partial charge in [0, 0.05) is 18.2 Å². The first-order valence-corrected chi connectivity index (χ1v) is 5.73. The van der Waals surface area contributed by atoms with Crippen molar-refractivity contribution >= 4 is 17.6 Å². The van der Waals surface area contributed by atoms with Gasteiger partial charge in [-0.25, -0.2) is 4.79 Å². The summed E-state index contributed by atoms with van der Waals surface area (Å²) in [4.78, 5) is 24.9. The van der Waals surface area contributed by atoms with Gasteiger partial charge in [0.2, 0.25) is 5.76 Å². The molecule has 1 N–H and O–H groups in total. The average Bonchev–Trinajstić information content (AvgIpc) is 3.05. The minimum atomic E-state index is -1.04. The van der Waals surface area contributed by atoms with E-state index in [2.05, 4.69) is 5.16 Å². The normalized spacial score (nSPS) is 17.3. The number of anilines is 1. The second-order valence-corrected chi connectivity index (χ2v) is 4.24. The number of para-hydroxylation sites is 1. The zero-order chi connectivity index (χ0) is 13.4. The summed E-state index contributed by atoms with van der Waals surface area (Å²) in [6, 6.07) is 7.65. The Labute approximate surface area is 108 Å². The highest BCUT2D eigenvalue weighted by Crippen LogP contribution is 2.33. The molecule has 1 aromatic carbocycles. The Bertz CT molecular complexity index is 636. The van der Waals surface area contributed by atoms with E-state index < -0.39 is 17.9 Å². The van der Waals surface area contributed by atoms with Crippen LogP contribution in [-0.4, -0.2) is 28.2 Å². The number of amides is 1. The van der Waals surface area contributed by atoms with E-state index in [4.69, 9.17) is 4.52 Å². The summed E-state index contributed by atoms with van der Waals surface area (Å²) >= 11 is 0. The minimum absolute atomic E-state index is 0.0305. The molecule has 6 nitrogen and oxygen atoms in total. The van der Waals surface area contributed by atoms with Crippen molar-refractivity contribution in [3.05, 3.63) is 47.9 Å². The van der Waals surface area contributed by atoms with Gasteiger partial charge in [-0.3, -0.25) is 9.69 Å². The van der Waals surface area contributed by atoms with Gasteiger partial charge in [-0.15, -0.1) is 0 Å². The number of aliphatic carboxylic acids is 1. The quantitative estimate of drug-likeness (QED) is 0.878. The molecule has 6 heteroatoms. The minimum Gasteiger partial charge on any atom is -0.480 e. The third-order valence-electron chi connectivity index (χ3n) is 3.13. The Morgan fingerprint density at radius 3 is 2.79 bits per heavy atom. The smallest absolute Gasteiger partial charge is 0.327 e. The van der Waals surface area contributed by atoms with Gasteiger partial charge in [-0.1, -0.05) is 23.4 Å². The summed E-state index contributed by atoms with van der Waals surface area (Å²) in [7, 11) is 0. The molecule has 2 heterocycles. The molecule has 1 aromatic heterocycles. The Kier molecular flexibility index (Phi) is 2.56. The second-order valence-electron chi connectivity index (χ2n) is 4.24. The van der Waals surface area contributed by atoms with E-state index in [1.807, 2.05) is 12.1 Å². The van der Waals surface area contributed by atoms with Gasteiger partial charge >= 0.3 is 5.97 Å². The van der Waals surface area contributed by atoms with Crippen LogP contribution in [0, 0.1) is 0 Å². The van der Waals surface area contributed by atoms with E-state index in [1.54, 1.807) is 12.1 Å².